The Kier molecular flexibility index (Phi) is 7.76. The minimum atomic E-state index is -3.85. The van der Waals surface area contributed by atoms with E-state index in [0.29, 0.717) is 29.7 Å². The minimum Gasteiger partial charge on any atom is -0.305 e. The number of hydrogen-bond acceptors (Lipinski definition) is 4. The molecule has 0 aliphatic carbocycles. The molecule has 0 spiro atoms. The number of nitrogens with zero attached hydrogens (tertiary/aromatic N) is 3. The molecule has 1 amide bonds. The Morgan fingerprint density at radius 1 is 0.941 bits per heavy atom. The number of amides is 1. The smallest absolute Gasteiger partial charge is 0.258 e. The number of nitrogens with one attached hydrogen (secondary N) is 1. The number of carbonyl (C=O) groups excluding carboxylic acids is 1. The van der Waals surface area contributed by atoms with Crippen molar-refractivity contribution in [3.8, 4) is 0 Å². The van der Waals surface area contributed by atoms with Gasteiger partial charge in [0.1, 0.15) is 4.90 Å². The van der Waals surface area contributed by atoms with Crippen LogP contribution >= 0.6 is 46.4 Å². The van der Waals surface area contributed by atoms with E-state index >= 15 is 0 Å². The highest BCUT2D eigenvalue weighted by Crippen LogP contribution is 2.32. The van der Waals surface area contributed by atoms with Crippen molar-refractivity contribution in [2.24, 2.45) is 0 Å². The molecule has 1 aliphatic heterocycles. The van der Waals surface area contributed by atoms with Gasteiger partial charge in [-0.2, -0.15) is 9.40 Å². The fraction of sp³-hybridized carbons (Fsp3) is 0.273. The van der Waals surface area contributed by atoms with Gasteiger partial charge in [-0.3, -0.25) is 9.48 Å². The first-order valence-electron chi connectivity index (χ1n) is 10.4. The zero-order valence-corrected chi connectivity index (χ0v) is 21.6. The SMILES string of the molecule is O=C(Nc1ccn(Cc2ccc(Cl)cc2Cl)n1)c1cc(S(=O)(=O)N2CCCCC2)c(Cl)cc1Cl. The number of benzene rings is 2. The largest absolute Gasteiger partial charge is 0.305 e. The molecule has 0 atom stereocenters. The third-order valence-electron chi connectivity index (χ3n) is 5.43. The van der Waals surface area contributed by atoms with Crippen LogP contribution in [0.3, 0.4) is 0 Å². The number of aromatic nitrogens is 2. The average molecular weight is 562 g/mol. The van der Waals surface area contributed by atoms with Crippen molar-refractivity contribution < 1.29 is 13.2 Å². The molecule has 180 valence electrons. The lowest BCUT2D eigenvalue weighted by Crippen LogP contribution is -2.35. The average Bonchev–Trinajstić information content (AvgIpc) is 3.22. The number of halogens is 4. The van der Waals surface area contributed by atoms with Crippen LogP contribution in [-0.2, 0) is 16.6 Å². The molecule has 1 aliphatic rings. The van der Waals surface area contributed by atoms with Gasteiger partial charge in [-0.25, -0.2) is 8.42 Å². The summed E-state index contributed by atoms with van der Waals surface area (Å²) in [6, 6.07) is 9.26. The molecule has 2 heterocycles. The van der Waals surface area contributed by atoms with Crippen LogP contribution in [-0.4, -0.2) is 41.5 Å². The Morgan fingerprint density at radius 3 is 2.38 bits per heavy atom. The number of anilines is 1. The standard InChI is InChI=1S/C22H20Cl4N4O3S/c23-15-5-4-14(17(24)10-15)13-29-9-6-21(28-29)27-22(31)16-11-20(19(26)12-18(16)25)34(32,33)30-7-2-1-3-8-30/h4-6,9-12H,1-3,7-8,13H2,(H,27,28,31). The molecule has 1 saturated heterocycles. The molecule has 2 aromatic carbocycles. The number of piperidine rings is 1. The Bertz CT molecular complexity index is 1340. The molecule has 12 heteroatoms. The maximum Gasteiger partial charge on any atom is 0.258 e. The maximum absolute atomic E-state index is 13.1. The summed E-state index contributed by atoms with van der Waals surface area (Å²) in [5, 5.41) is 8.01. The van der Waals surface area contributed by atoms with Gasteiger partial charge in [0.15, 0.2) is 5.82 Å². The summed E-state index contributed by atoms with van der Waals surface area (Å²) < 4.78 is 29.2. The summed E-state index contributed by atoms with van der Waals surface area (Å²) in [5.41, 5.74) is 0.789. The summed E-state index contributed by atoms with van der Waals surface area (Å²) in [6.07, 6.45) is 4.21. The maximum atomic E-state index is 13.1. The highest BCUT2D eigenvalue weighted by Gasteiger charge is 2.30. The molecule has 0 saturated carbocycles. The van der Waals surface area contributed by atoms with Crippen LogP contribution < -0.4 is 5.32 Å². The third kappa shape index (κ3) is 5.53. The summed E-state index contributed by atoms with van der Waals surface area (Å²) in [6.45, 7) is 1.20. The van der Waals surface area contributed by atoms with Gasteiger partial charge < -0.3 is 5.32 Å². The van der Waals surface area contributed by atoms with E-state index in [4.69, 9.17) is 46.4 Å². The number of rotatable bonds is 6. The first-order chi connectivity index (χ1) is 16.1. The van der Waals surface area contributed by atoms with Crippen LogP contribution in [0.15, 0.2) is 47.5 Å². The molecule has 0 unspecified atom stereocenters. The molecule has 4 rings (SSSR count). The van der Waals surface area contributed by atoms with Gasteiger partial charge >= 0.3 is 0 Å². The quantitative estimate of drug-likeness (QED) is 0.401. The van der Waals surface area contributed by atoms with Gasteiger partial charge in [0.05, 0.1) is 22.2 Å². The van der Waals surface area contributed by atoms with Crippen LogP contribution in [0.25, 0.3) is 0 Å². The first-order valence-corrected chi connectivity index (χ1v) is 13.4. The molecular weight excluding hydrogens is 542 g/mol. The topological polar surface area (TPSA) is 84.3 Å². The van der Waals surface area contributed by atoms with Crippen LogP contribution in [0.4, 0.5) is 5.82 Å². The monoisotopic (exact) mass is 560 g/mol. The number of hydrogen-bond donors (Lipinski definition) is 1. The zero-order chi connectivity index (χ0) is 24.5. The summed E-state index contributed by atoms with van der Waals surface area (Å²) in [4.78, 5) is 12.8. The van der Waals surface area contributed by atoms with Crippen molar-refractivity contribution >= 4 is 68.2 Å². The fourth-order valence-corrected chi connectivity index (χ4v) is 6.49. The Labute approximate surface area is 217 Å². The van der Waals surface area contributed by atoms with Crippen LogP contribution in [0.2, 0.25) is 20.1 Å². The molecule has 0 radical (unpaired) electrons. The molecule has 0 bridgehead atoms. The highest BCUT2D eigenvalue weighted by molar-refractivity contribution is 7.89. The second kappa shape index (κ2) is 10.4. The van der Waals surface area contributed by atoms with Crippen LogP contribution in [0.5, 0.6) is 0 Å². The molecule has 34 heavy (non-hydrogen) atoms. The molecule has 1 fully saturated rings. The second-order valence-corrected chi connectivity index (χ2v) is 11.4. The van der Waals surface area contributed by atoms with E-state index in [1.165, 1.54) is 16.4 Å². The second-order valence-electron chi connectivity index (χ2n) is 7.82. The number of carbonyl (C=O) groups is 1. The van der Waals surface area contributed by atoms with E-state index in [1.807, 2.05) is 0 Å². The van der Waals surface area contributed by atoms with Crippen LogP contribution in [0, 0.1) is 0 Å². The van der Waals surface area contributed by atoms with Crippen molar-refractivity contribution in [1.82, 2.24) is 14.1 Å². The van der Waals surface area contributed by atoms with Gasteiger partial charge in [0.2, 0.25) is 10.0 Å². The van der Waals surface area contributed by atoms with E-state index in [2.05, 4.69) is 10.4 Å². The highest BCUT2D eigenvalue weighted by atomic mass is 35.5. The molecular formula is C22H20Cl4N4O3S. The van der Waals surface area contributed by atoms with E-state index < -0.39 is 15.9 Å². The van der Waals surface area contributed by atoms with Crippen molar-refractivity contribution in [2.45, 2.75) is 30.7 Å². The van der Waals surface area contributed by atoms with Gasteiger partial charge in [0, 0.05) is 35.4 Å². The van der Waals surface area contributed by atoms with Crippen molar-refractivity contribution in [2.75, 3.05) is 18.4 Å². The van der Waals surface area contributed by atoms with E-state index in [0.717, 1.165) is 24.8 Å². The first kappa shape index (κ1) is 25.3. The predicted molar refractivity (Wildman–Crippen MR) is 135 cm³/mol. The van der Waals surface area contributed by atoms with Crippen molar-refractivity contribution in [3.05, 3.63) is 73.8 Å². The van der Waals surface area contributed by atoms with Gasteiger partial charge in [-0.1, -0.05) is 58.9 Å². The normalized spacial score (nSPS) is 14.8. The lowest BCUT2D eigenvalue weighted by Gasteiger charge is -2.26. The lowest BCUT2D eigenvalue weighted by molar-refractivity contribution is 0.102. The molecule has 3 aromatic rings. The Hall–Kier alpha value is -1.81. The summed E-state index contributed by atoms with van der Waals surface area (Å²) in [5.74, 6) is -0.340. The lowest BCUT2D eigenvalue weighted by atomic mass is 10.2. The van der Waals surface area contributed by atoms with E-state index in [1.54, 1.807) is 35.1 Å². The van der Waals surface area contributed by atoms with Gasteiger partial charge in [-0.05, 0) is 42.7 Å². The zero-order valence-electron chi connectivity index (χ0n) is 17.8. The molecule has 1 N–H and O–H groups in total. The Balaban J connectivity index is 1.54. The minimum absolute atomic E-state index is 0.0167. The third-order valence-corrected chi connectivity index (χ3v) is 8.69. The molecule has 7 nitrogen and oxygen atoms in total. The van der Waals surface area contributed by atoms with Gasteiger partial charge in [-0.15, -0.1) is 0 Å². The van der Waals surface area contributed by atoms with E-state index in [-0.39, 0.29) is 26.3 Å². The van der Waals surface area contributed by atoms with Crippen LogP contribution in [0.1, 0.15) is 35.2 Å². The summed E-state index contributed by atoms with van der Waals surface area (Å²) in [7, 11) is -3.85. The van der Waals surface area contributed by atoms with Crippen molar-refractivity contribution in [3.63, 3.8) is 0 Å². The van der Waals surface area contributed by atoms with E-state index in [9.17, 15) is 13.2 Å². The fourth-order valence-electron chi connectivity index (χ4n) is 3.67. The predicted octanol–water partition coefficient (Wildman–Crippen LogP) is 5.97. The molecule has 1 aromatic heterocycles. The van der Waals surface area contributed by atoms with Gasteiger partial charge in [0.25, 0.3) is 5.91 Å². The summed E-state index contributed by atoms with van der Waals surface area (Å²) >= 11 is 24.6. The number of sulfonamides is 1. The Morgan fingerprint density at radius 2 is 1.68 bits per heavy atom. The van der Waals surface area contributed by atoms with Crippen molar-refractivity contribution in [1.29, 1.82) is 0 Å².